The van der Waals surface area contributed by atoms with Gasteiger partial charge in [-0.25, -0.2) is 0 Å². The smallest absolute Gasteiger partial charge is 0.162 e. The molecule has 1 aromatic carbocycles. The van der Waals surface area contributed by atoms with E-state index >= 15 is 0 Å². The summed E-state index contributed by atoms with van der Waals surface area (Å²) in [5, 5.41) is 35.2. The van der Waals surface area contributed by atoms with Gasteiger partial charge in [0.05, 0.1) is 20.3 Å². The molecule has 1 aliphatic heterocycles. The maximum absolute atomic E-state index is 10.8. The molecule has 3 aliphatic rings. The molecule has 1 aromatic rings. The molecule has 0 aromatic heterocycles. The molecule has 2 bridgehead atoms. The molecule has 0 amide bonds. The number of benzene rings is 1. The van der Waals surface area contributed by atoms with Crippen molar-refractivity contribution >= 4 is 0 Å². The first-order valence-corrected chi connectivity index (χ1v) is 8.31. The Bertz CT molecular complexity index is 716. The van der Waals surface area contributed by atoms with Crippen LogP contribution in [0.25, 0.3) is 0 Å². The van der Waals surface area contributed by atoms with Crippen LogP contribution < -0.4 is 10.1 Å². The number of rotatable bonds is 2. The van der Waals surface area contributed by atoms with Crippen molar-refractivity contribution in [1.29, 1.82) is 0 Å². The number of piperidine rings is 1. The van der Waals surface area contributed by atoms with Crippen LogP contribution in [0.1, 0.15) is 24.0 Å². The summed E-state index contributed by atoms with van der Waals surface area (Å²) in [6.45, 7) is 0.782. The molecule has 24 heavy (non-hydrogen) atoms. The SMILES string of the molecule is COC1=C2[C@H]3Cc4ccc(OC)c(O)c4[C@]2(CCN3)C[C@@H](O)[C@@H]1O. The summed E-state index contributed by atoms with van der Waals surface area (Å²) >= 11 is 0. The Balaban J connectivity index is 2.04. The quantitative estimate of drug-likeness (QED) is 0.633. The first-order chi connectivity index (χ1) is 11.5. The summed E-state index contributed by atoms with van der Waals surface area (Å²) in [7, 11) is 3.05. The van der Waals surface area contributed by atoms with Gasteiger partial charge < -0.3 is 30.1 Å². The number of hydrogen-bond donors (Lipinski definition) is 4. The maximum Gasteiger partial charge on any atom is 0.162 e. The van der Waals surface area contributed by atoms with Gasteiger partial charge in [0.2, 0.25) is 0 Å². The number of nitrogens with one attached hydrogen (secondary N) is 1. The van der Waals surface area contributed by atoms with Crippen molar-refractivity contribution in [3.05, 3.63) is 34.6 Å². The molecule has 0 radical (unpaired) electrons. The first-order valence-electron chi connectivity index (χ1n) is 8.31. The highest BCUT2D eigenvalue weighted by Gasteiger charge is 2.55. The number of hydrogen-bond acceptors (Lipinski definition) is 6. The molecule has 2 aliphatic carbocycles. The van der Waals surface area contributed by atoms with E-state index in [0.29, 0.717) is 24.4 Å². The van der Waals surface area contributed by atoms with Gasteiger partial charge in [0.15, 0.2) is 11.5 Å². The zero-order valence-corrected chi connectivity index (χ0v) is 13.9. The van der Waals surface area contributed by atoms with E-state index in [2.05, 4.69) is 5.32 Å². The lowest BCUT2D eigenvalue weighted by Gasteiger charge is -2.53. The molecule has 130 valence electrons. The van der Waals surface area contributed by atoms with E-state index in [4.69, 9.17) is 9.47 Å². The fraction of sp³-hybridized carbons (Fsp3) is 0.556. The van der Waals surface area contributed by atoms with Crippen molar-refractivity contribution in [2.75, 3.05) is 20.8 Å². The Kier molecular flexibility index (Phi) is 3.53. The van der Waals surface area contributed by atoms with E-state index in [9.17, 15) is 15.3 Å². The standard InChI is InChI=1S/C18H23NO5/c1-23-12-4-3-9-7-10-14-17(24-2)15(21)11(20)8-18(14,5-6-19-10)13(9)16(12)22/h3-4,10-11,15,19-22H,5-8H2,1-2H3/t10-,11-,15+,18+/m1/s1. The van der Waals surface area contributed by atoms with E-state index in [-0.39, 0.29) is 11.8 Å². The van der Waals surface area contributed by atoms with Crippen molar-refractivity contribution in [3.63, 3.8) is 0 Å². The Morgan fingerprint density at radius 3 is 2.71 bits per heavy atom. The Morgan fingerprint density at radius 2 is 2.00 bits per heavy atom. The third kappa shape index (κ3) is 1.87. The molecule has 4 rings (SSSR count). The van der Waals surface area contributed by atoms with Crippen molar-refractivity contribution in [2.45, 2.75) is 42.9 Å². The van der Waals surface area contributed by atoms with Crippen LogP contribution in [0.4, 0.5) is 0 Å². The third-order valence-electron chi connectivity index (χ3n) is 5.83. The number of ether oxygens (including phenoxy) is 2. The monoisotopic (exact) mass is 333 g/mol. The highest BCUT2D eigenvalue weighted by molar-refractivity contribution is 5.62. The number of phenolic OH excluding ortho intramolecular Hbond substituents is 1. The first kappa shape index (κ1) is 15.7. The second-order valence-corrected chi connectivity index (χ2v) is 6.89. The van der Waals surface area contributed by atoms with Gasteiger partial charge in [0, 0.05) is 17.0 Å². The van der Waals surface area contributed by atoms with Crippen molar-refractivity contribution < 1.29 is 24.8 Å². The molecule has 0 unspecified atom stereocenters. The summed E-state index contributed by atoms with van der Waals surface area (Å²) in [4.78, 5) is 0. The van der Waals surface area contributed by atoms with Gasteiger partial charge in [-0.2, -0.15) is 0 Å². The third-order valence-corrected chi connectivity index (χ3v) is 5.83. The molecule has 1 heterocycles. The number of aliphatic hydroxyl groups excluding tert-OH is 2. The van der Waals surface area contributed by atoms with Crippen LogP contribution in [0.2, 0.25) is 0 Å². The molecule has 6 heteroatoms. The largest absolute Gasteiger partial charge is 0.504 e. The van der Waals surface area contributed by atoms with Gasteiger partial charge in [-0.1, -0.05) is 6.07 Å². The Labute approximate surface area is 140 Å². The van der Waals surface area contributed by atoms with Crippen LogP contribution in [0.5, 0.6) is 11.5 Å². The minimum Gasteiger partial charge on any atom is -0.504 e. The van der Waals surface area contributed by atoms with Gasteiger partial charge >= 0.3 is 0 Å². The van der Waals surface area contributed by atoms with Crippen LogP contribution >= 0.6 is 0 Å². The minimum atomic E-state index is -1.03. The summed E-state index contributed by atoms with van der Waals surface area (Å²) in [6.07, 6.45) is -0.167. The summed E-state index contributed by atoms with van der Waals surface area (Å²) in [5.41, 5.74) is 2.29. The van der Waals surface area contributed by atoms with E-state index in [0.717, 1.165) is 29.7 Å². The van der Waals surface area contributed by atoms with Crippen LogP contribution in [0, 0.1) is 0 Å². The van der Waals surface area contributed by atoms with Crippen molar-refractivity contribution in [2.24, 2.45) is 0 Å². The van der Waals surface area contributed by atoms with Gasteiger partial charge in [0.25, 0.3) is 0 Å². The predicted molar refractivity (Wildman–Crippen MR) is 87.1 cm³/mol. The molecular weight excluding hydrogens is 310 g/mol. The van der Waals surface area contributed by atoms with Gasteiger partial charge in [-0.3, -0.25) is 0 Å². The van der Waals surface area contributed by atoms with Crippen molar-refractivity contribution in [3.8, 4) is 11.5 Å². The van der Waals surface area contributed by atoms with E-state index in [1.165, 1.54) is 14.2 Å². The van der Waals surface area contributed by atoms with Crippen molar-refractivity contribution in [1.82, 2.24) is 5.32 Å². The molecule has 4 N–H and O–H groups in total. The summed E-state index contributed by atoms with van der Waals surface area (Å²) < 4.78 is 10.8. The average molecular weight is 333 g/mol. The van der Waals surface area contributed by atoms with Crippen LogP contribution in [-0.2, 0) is 16.6 Å². The molecule has 1 fully saturated rings. The predicted octanol–water partition coefficient (Wildman–Crippen LogP) is 0.583. The molecule has 1 saturated heterocycles. The lowest BCUT2D eigenvalue weighted by molar-refractivity contribution is -0.0260. The lowest BCUT2D eigenvalue weighted by Crippen LogP contribution is -2.59. The number of fused-ring (bicyclic) bond motifs is 1. The fourth-order valence-electron chi connectivity index (χ4n) is 4.92. The molecule has 4 atom stereocenters. The normalized spacial score (nSPS) is 34.4. The van der Waals surface area contributed by atoms with Crippen LogP contribution in [0.3, 0.4) is 0 Å². The Hall–Kier alpha value is -1.76. The zero-order chi connectivity index (χ0) is 17.1. The second-order valence-electron chi connectivity index (χ2n) is 6.89. The highest BCUT2D eigenvalue weighted by Crippen LogP contribution is 2.57. The lowest BCUT2D eigenvalue weighted by atomic mass is 9.55. The number of aliphatic hydroxyl groups is 2. The Morgan fingerprint density at radius 1 is 1.21 bits per heavy atom. The molecular formula is C18H23NO5. The topological polar surface area (TPSA) is 91.2 Å². The van der Waals surface area contributed by atoms with Crippen LogP contribution in [0.15, 0.2) is 23.5 Å². The van der Waals surface area contributed by atoms with Gasteiger partial charge in [-0.05, 0) is 43.0 Å². The van der Waals surface area contributed by atoms with E-state index in [1.54, 1.807) is 6.07 Å². The summed E-state index contributed by atoms with van der Waals surface area (Å²) in [6, 6.07) is 3.80. The highest BCUT2D eigenvalue weighted by atomic mass is 16.5. The number of phenols is 1. The average Bonchev–Trinajstić information content (AvgIpc) is 2.55. The molecule has 0 spiro atoms. The maximum atomic E-state index is 10.8. The van der Waals surface area contributed by atoms with Gasteiger partial charge in [-0.15, -0.1) is 0 Å². The zero-order valence-electron chi connectivity index (χ0n) is 13.9. The fourth-order valence-corrected chi connectivity index (χ4v) is 4.92. The number of methoxy groups -OCH3 is 2. The van der Waals surface area contributed by atoms with Gasteiger partial charge in [0.1, 0.15) is 11.9 Å². The number of aromatic hydroxyl groups is 1. The van der Waals surface area contributed by atoms with E-state index < -0.39 is 17.6 Å². The molecule has 0 saturated carbocycles. The minimum absolute atomic E-state index is 0.0381. The van der Waals surface area contributed by atoms with Crippen LogP contribution in [-0.4, -0.2) is 54.3 Å². The second kappa shape index (κ2) is 5.37. The molecule has 6 nitrogen and oxygen atoms in total. The summed E-state index contributed by atoms with van der Waals surface area (Å²) in [5.74, 6) is 0.991. The van der Waals surface area contributed by atoms with E-state index in [1.807, 2.05) is 6.07 Å².